The van der Waals surface area contributed by atoms with E-state index in [1.54, 1.807) is 43.3 Å². The van der Waals surface area contributed by atoms with Gasteiger partial charge in [-0.3, -0.25) is 9.10 Å². The molecule has 0 amide bonds. The van der Waals surface area contributed by atoms with Gasteiger partial charge in [0.15, 0.2) is 0 Å². The number of carbonyl (C=O) groups excluding carboxylic acids is 1. The molecule has 0 N–H and O–H groups in total. The Morgan fingerprint density at radius 2 is 1.83 bits per heavy atom. The van der Waals surface area contributed by atoms with Crippen molar-refractivity contribution in [3.05, 3.63) is 53.9 Å². The van der Waals surface area contributed by atoms with E-state index in [9.17, 15) is 13.2 Å². The number of sulfonamides is 1. The molecule has 122 valence electrons. The molecule has 0 aliphatic carbocycles. The lowest BCUT2D eigenvalue weighted by Gasteiger charge is -2.35. The fraction of sp³-hybridized carbons (Fsp3) is 0.353. The van der Waals surface area contributed by atoms with Crippen LogP contribution in [0.25, 0.3) is 0 Å². The van der Waals surface area contributed by atoms with Crippen LogP contribution in [0.3, 0.4) is 0 Å². The summed E-state index contributed by atoms with van der Waals surface area (Å²) >= 11 is 0. The van der Waals surface area contributed by atoms with E-state index in [2.05, 4.69) is 0 Å². The molecule has 3 unspecified atom stereocenters. The van der Waals surface area contributed by atoms with Crippen molar-refractivity contribution in [3.63, 3.8) is 0 Å². The minimum absolute atomic E-state index is 0.0354. The van der Waals surface area contributed by atoms with E-state index >= 15 is 0 Å². The van der Waals surface area contributed by atoms with Crippen LogP contribution in [-0.2, 0) is 19.6 Å². The molecular weight excluding hydrogens is 314 g/mol. The molecule has 3 atom stereocenters. The smallest absolute Gasteiger partial charge is 0.264 e. The lowest BCUT2D eigenvalue weighted by atomic mass is 9.91. The van der Waals surface area contributed by atoms with Gasteiger partial charge in [-0.2, -0.15) is 0 Å². The number of ketones is 1. The van der Waals surface area contributed by atoms with Crippen molar-refractivity contribution in [2.45, 2.75) is 37.8 Å². The molecule has 0 bridgehead atoms. The number of benzene rings is 1. The van der Waals surface area contributed by atoms with E-state index in [0.29, 0.717) is 5.76 Å². The lowest BCUT2D eigenvalue weighted by Crippen LogP contribution is -2.48. The van der Waals surface area contributed by atoms with E-state index in [0.717, 1.165) is 5.56 Å². The molecule has 0 saturated carbocycles. The summed E-state index contributed by atoms with van der Waals surface area (Å²) in [6.07, 6.45) is 4.36. The van der Waals surface area contributed by atoms with Crippen molar-refractivity contribution in [3.8, 4) is 0 Å². The summed E-state index contributed by atoms with van der Waals surface area (Å²) in [5.74, 6) is 0.170. The van der Waals surface area contributed by atoms with Crippen LogP contribution < -0.4 is 0 Å². The highest BCUT2D eigenvalue weighted by molar-refractivity contribution is 7.89. The number of carbonyl (C=O) groups is 1. The Hall–Kier alpha value is -2.08. The molecular formula is C17H19NO4S. The molecule has 0 radical (unpaired) electrons. The summed E-state index contributed by atoms with van der Waals surface area (Å²) in [6, 6.07) is 6.22. The third-order valence-electron chi connectivity index (χ3n) is 4.22. The standard InChI is InChI=1S/C17H19NO4S/c1-11-4-6-14(7-5-11)23(20,21)18-9-8-15(13(3)19)17-16(18)10-12(2)22-17/h4-10,15-17H,1-3H3. The normalized spacial score (nSPS) is 26.5. The van der Waals surface area contributed by atoms with Crippen LogP contribution in [0.5, 0.6) is 0 Å². The van der Waals surface area contributed by atoms with Gasteiger partial charge in [0.2, 0.25) is 0 Å². The van der Waals surface area contributed by atoms with Crippen molar-refractivity contribution >= 4 is 15.8 Å². The van der Waals surface area contributed by atoms with Crippen LogP contribution in [0.2, 0.25) is 0 Å². The van der Waals surface area contributed by atoms with E-state index in [1.165, 1.54) is 17.4 Å². The minimum Gasteiger partial charge on any atom is -0.492 e. The summed E-state index contributed by atoms with van der Waals surface area (Å²) < 4.78 is 32.9. The summed E-state index contributed by atoms with van der Waals surface area (Å²) in [4.78, 5) is 12.0. The van der Waals surface area contributed by atoms with Gasteiger partial charge in [-0.05, 0) is 39.0 Å². The Kier molecular flexibility index (Phi) is 3.80. The van der Waals surface area contributed by atoms with Gasteiger partial charge >= 0.3 is 0 Å². The first kappa shape index (κ1) is 15.8. The van der Waals surface area contributed by atoms with Crippen molar-refractivity contribution in [1.82, 2.24) is 4.31 Å². The first-order valence-electron chi connectivity index (χ1n) is 7.45. The second kappa shape index (κ2) is 5.53. The van der Waals surface area contributed by atoms with Crippen molar-refractivity contribution in [2.75, 3.05) is 0 Å². The van der Waals surface area contributed by atoms with Crippen LogP contribution in [0.1, 0.15) is 19.4 Å². The van der Waals surface area contributed by atoms with Crippen molar-refractivity contribution < 1.29 is 17.9 Å². The van der Waals surface area contributed by atoms with Gasteiger partial charge in [0.05, 0.1) is 16.6 Å². The second-order valence-corrected chi connectivity index (χ2v) is 7.82. The number of rotatable bonds is 3. The minimum atomic E-state index is -3.69. The quantitative estimate of drug-likeness (QED) is 0.852. The first-order valence-corrected chi connectivity index (χ1v) is 8.89. The van der Waals surface area contributed by atoms with E-state index in [-0.39, 0.29) is 10.7 Å². The molecule has 23 heavy (non-hydrogen) atoms. The number of hydrogen-bond acceptors (Lipinski definition) is 4. The molecule has 1 aromatic rings. The number of aryl methyl sites for hydroxylation is 1. The number of allylic oxidation sites excluding steroid dienone is 1. The molecule has 3 rings (SSSR count). The van der Waals surface area contributed by atoms with Crippen LogP contribution in [-0.4, -0.2) is 30.7 Å². The Labute approximate surface area is 136 Å². The second-order valence-electron chi connectivity index (χ2n) is 5.98. The van der Waals surface area contributed by atoms with Crippen LogP contribution in [0.4, 0.5) is 0 Å². The van der Waals surface area contributed by atoms with Crippen LogP contribution in [0, 0.1) is 12.8 Å². The highest BCUT2D eigenvalue weighted by Crippen LogP contribution is 2.35. The van der Waals surface area contributed by atoms with Crippen LogP contribution >= 0.6 is 0 Å². The van der Waals surface area contributed by atoms with Gasteiger partial charge in [-0.1, -0.05) is 23.8 Å². The van der Waals surface area contributed by atoms with E-state index in [4.69, 9.17) is 4.74 Å². The number of hydrogen-bond donors (Lipinski definition) is 0. The van der Waals surface area contributed by atoms with Crippen molar-refractivity contribution in [1.29, 1.82) is 0 Å². The maximum atomic E-state index is 12.9. The highest BCUT2D eigenvalue weighted by Gasteiger charge is 2.45. The lowest BCUT2D eigenvalue weighted by molar-refractivity contribution is -0.123. The SMILES string of the molecule is CC(=O)C1C=CN(S(=O)(=O)c2ccc(C)cc2)C2C=C(C)OC12. The predicted molar refractivity (Wildman–Crippen MR) is 85.9 cm³/mol. The number of ether oxygens (including phenoxy) is 1. The fourth-order valence-corrected chi connectivity index (χ4v) is 4.44. The van der Waals surface area contributed by atoms with E-state index < -0.39 is 28.1 Å². The van der Waals surface area contributed by atoms with Gasteiger partial charge < -0.3 is 4.74 Å². The monoisotopic (exact) mass is 333 g/mol. The van der Waals surface area contributed by atoms with Gasteiger partial charge in [0, 0.05) is 6.20 Å². The maximum absolute atomic E-state index is 12.9. The van der Waals surface area contributed by atoms with Crippen LogP contribution in [0.15, 0.2) is 53.3 Å². The fourth-order valence-electron chi connectivity index (χ4n) is 2.99. The molecule has 5 nitrogen and oxygen atoms in total. The Morgan fingerprint density at radius 3 is 2.43 bits per heavy atom. The van der Waals surface area contributed by atoms with Gasteiger partial charge in [0.25, 0.3) is 10.0 Å². The summed E-state index contributed by atoms with van der Waals surface area (Å²) in [5.41, 5.74) is 0.993. The summed E-state index contributed by atoms with van der Waals surface area (Å²) in [5, 5.41) is 0. The Balaban J connectivity index is 2.03. The number of fused-ring (bicyclic) bond motifs is 1. The predicted octanol–water partition coefficient (Wildman–Crippen LogP) is 2.39. The molecule has 0 spiro atoms. The average Bonchev–Trinajstić information content (AvgIpc) is 2.87. The third-order valence-corrected chi connectivity index (χ3v) is 6.01. The average molecular weight is 333 g/mol. The molecule has 2 heterocycles. The molecule has 1 aromatic carbocycles. The Morgan fingerprint density at radius 1 is 1.17 bits per heavy atom. The molecule has 0 aromatic heterocycles. The molecule has 0 fully saturated rings. The van der Waals surface area contributed by atoms with Gasteiger partial charge in [-0.15, -0.1) is 0 Å². The Bertz CT molecular complexity index is 792. The number of nitrogens with zero attached hydrogens (tertiary/aromatic N) is 1. The first-order chi connectivity index (χ1) is 10.8. The molecule has 6 heteroatoms. The zero-order valence-electron chi connectivity index (χ0n) is 13.3. The van der Waals surface area contributed by atoms with E-state index in [1.807, 2.05) is 6.92 Å². The van der Waals surface area contributed by atoms with Crippen molar-refractivity contribution in [2.24, 2.45) is 5.92 Å². The molecule has 2 aliphatic rings. The van der Waals surface area contributed by atoms with Gasteiger partial charge in [-0.25, -0.2) is 8.42 Å². The summed E-state index contributed by atoms with van der Waals surface area (Å²) in [7, 11) is -3.69. The maximum Gasteiger partial charge on any atom is 0.264 e. The highest BCUT2D eigenvalue weighted by atomic mass is 32.2. The number of Topliss-reactive ketones (excluding diaryl/α,β-unsaturated/α-hetero) is 1. The van der Waals surface area contributed by atoms with Gasteiger partial charge in [0.1, 0.15) is 17.9 Å². The molecule has 0 saturated heterocycles. The zero-order valence-corrected chi connectivity index (χ0v) is 14.1. The zero-order chi connectivity index (χ0) is 16.8. The summed E-state index contributed by atoms with van der Waals surface area (Å²) in [6.45, 7) is 5.17. The third kappa shape index (κ3) is 2.67. The largest absolute Gasteiger partial charge is 0.492 e. The topological polar surface area (TPSA) is 63.7 Å². The molecule has 2 aliphatic heterocycles.